The van der Waals surface area contributed by atoms with Gasteiger partial charge in [-0.2, -0.15) is 0 Å². The summed E-state index contributed by atoms with van der Waals surface area (Å²) < 4.78 is 1.95. The fourth-order valence-corrected chi connectivity index (χ4v) is 3.23. The molecule has 108 valence electrons. The Morgan fingerprint density at radius 2 is 1.60 bits per heavy atom. The highest BCUT2D eigenvalue weighted by Crippen LogP contribution is 2.35. The molecule has 0 N–H and O–H groups in total. The average Bonchev–Trinajstić information content (AvgIpc) is 2.74. The summed E-state index contributed by atoms with van der Waals surface area (Å²) in [5.74, 6) is 0.256. The highest BCUT2D eigenvalue weighted by molar-refractivity contribution is 5.98. The van der Waals surface area contributed by atoms with E-state index in [1.807, 2.05) is 16.7 Å². The molecule has 0 aliphatic carbocycles. The van der Waals surface area contributed by atoms with Gasteiger partial charge in [-0.1, -0.05) is 39.0 Å². The minimum absolute atomic E-state index is 0.237. The van der Waals surface area contributed by atoms with E-state index in [-0.39, 0.29) is 11.3 Å². The Kier molecular flexibility index (Phi) is 4.03. The van der Waals surface area contributed by atoms with Gasteiger partial charge in [0.1, 0.15) is 0 Å². The zero-order chi connectivity index (χ0) is 14.9. The fourth-order valence-electron chi connectivity index (χ4n) is 3.23. The number of hydrogen-bond donors (Lipinski definition) is 0. The molecule has 2 nitrogen and oxygen atoms in total. The summed E-state index contributed by atoms with van der Waals surface area (Å²) in [4.78, 5) is 13.2. The summed E-state index contributed by atoms with van der Waals surface area (Å²) in [7, 11) is 0. The summed E-state index contributed by atoms with van der Waals surface area (Å²) in [6.45, 7) is 10.5. The molecular weight excluding hydrogens is 246 g/mol. The molecule has 0 unspecified atom stereocenters. The number of benzene rings is 1. The molecule has 0 aliphatic rings. The zero-order valence-electron chi connectivity index (χ0n) is 13.3. The van der Waals surface area contributed by atoms with Gasteiger partial charge in [0.25, 0.3) is 0 Å². The van der Waals surface area contributed by atoms with E-state index < -0.39 is 0 Å². The van der Waals surface area contributed by atoms with Crippen molar-refractivity contribution < 1.29 is 4.79 Å². The number of fused-ring (bicyclic) bond motifs is 1. The first-order valence-corrected chi connectivity index (χ1v) is 7.63. The molecule has 0 saturated heterocycles. The van der Waals surface area contributed by atoms with E-state index in [0.29, 0.717) is 0 Å². The average molecular weight is 271 g/mol. The molecule has 0 atom stereocenters. The van der Waals surface area contributed by atoms with Crippen LogP contribution in [0.4, 0.5) is 0 Å². The van der Waals surface area contributed by atoms with Crippen LogP contribution >= 0.6 is 0 Å². The van der Waals surface area contributed by atoms with Crippen molar-refractivity contribution in [2.75, 3.05) is 0 Å². The molecule has 0 aliphatic heterocycles. The lowest BCUT2D eigenvalue weighted by Crippen LogP contribution is -2.34. The van der Waals surface area contributed by atoms with Crippen LogP contribution in [-0.4, -0.2) is 10.5 Å². The largest absolute Gasteiger partial charge is 0.284 e. The standard InChI is InChI=1S/C18H25NO/c1-6-18(7-2,8-3)17(20)19-14(5)13(4)15-11-9-10-12-16(15)19/h9-12H,6-8H2,1-5H3. The maximum absolute atomic E-state index is 13.2. The second-order valence-electron chi connectivity index (χ2n) is 5.71. The highest BCUT2D eigenvalue weighted by atomic mass is 16.2. The third kappa shape index (κ3) is 1.98. The smallest absolute Gasteiger partial charge is 0.237 e. The fraction of sp³-hybridized carbons (Fsp3) is 0.500. The van der Waals surface area contributed by atoms with E-state index in [2.05, 4.69) is 46.8 Å². The third-order valence-corrected chi connectivity index (χ3v) is 5.11. The zero-order valence-corrected chi connectivity index (χ0v) is 13.3. The van der Waals surface area contributed by atoms with Crippen LogP contribution in [0.3, 0.4) is 0 Å². The molecule has 0 bridgehead atoms. The van der Waals surface area contributed by atoms with E-state index in [1.54, 1.807) is 0 Å². The van der Waals surface area contributed by atoms with Gasteiger partial charge in [-0.15, -0.1) is 0 Å². The van der Waals surface area contributed by atoms with E-state index in [9.17, 15) is 4.79 Å². The van der Waals surface area contributed by atoms with Crippen LogP contribution < -0.4 is 0 Å². The van der Waals surface area contributed by atoms with Crippen molar-refractivity contribution in [3.8, 4) is 0 Å². The van der Waals surface area contributed by atoms with Crippen molar-refractivity contribution in [2.24, 2.45) is 5.41 Å². The van der Waals surface area contributed by atoms with Crippen molar-refractivity contribution in [1.29, 1.82) is 0 Å². The number of aromatic nitrogens is 1. The van der Waals surface area contributed by atoms with Gasteiger partial charge in [0.2, 0.25) is 5.91 Å². The van der Waals surface area contributed by atoms with Crippen molar-refractivity contribution >= 4 is 16.8 Å². The Bertz CT molecular complexity index is 624. The minimum atomic E-state index is -0.237. The first-order chi connectivity index (χ1) is 9.52. The number of hydrogen-bond acceptors (Lipinski definition) is 1. The van der Waals surface area contributed by atoms with Gasteiger partial charge in [-0.25, -0.2) is 0 Å². The van der Waals surface area contributed by atoms with Crippen LogP contribution in [0.25, 0.3) is 10.9 Å². The van der Waals surface area contributed by atoms with Crippen molar-refractivity contribution in [3.63, 3.8) is 0 Å². The van der Waals surface area contributed by atoms with Gasteiger partial charge in [-0.05, 0) is 44.7 Å². The number of carbonyl (C=O) groups is 1. The normalized spacial score (nSPS) is 12.1. The lowest BCUT2D eigenvalue weighted by Gasteiger charge is -2.29. The maximum atomic E-state index is 13.2. The van der Waals surface area contributed by atoms with Crippen LogP contribution in [0.5, 0.6) is 0 Å². The van der Waals surface area contributed by atoms with Crippen LogP contribution in [0.2, 0.25) is 0 Å². The monoisotopic (exact) mass is 271 g/mol. The van der Waals surface area contributed by atoms with Gasteiger partial charge < -0.3 is 0 Å². The Labute approximate surface area is 121 Å². The molecule has 2 aromatic rings. The first kappa shape index (κ1) is 14.8. The summed E-state index contributed by atoms with van der Waals surface area (Å²) in [6.07, 6.45) is 2.68. The topological polar surface area (TPSA) is 22.0 Å². The molecule has 0 radical (unpaired) electrons. The summed E-state index contributed by atoms with van der Waals surface area (Å²) in [6, 6.07) is 8.21. The Morgan fingerprint density at radius 1 is 1.05 bits per heavy atom. The number of para-hydroxylation sites is 1. The Balaban J connectivity index is 2.69. The van der Waals surface area contributed by atoms with Crippen molar-refractivity contribution in [2.45, 2.75) is 53.9 Å². The number of rotatable bonds is 4. The summed E-state index contributed by atoms with van der Waals surface area (Å²) >= 11 is 0. The van der Waals surface area contributed by atoms with Crippen LogP contribution in [0.1, 0.15) is 56.1 Å². The van der Waals surface area contributed by atoms with E-state index in [1.165, 1.54) is 10.9 Å². The molecular formula is C18H25NO. The molecule has 2 rings (SSSR count). The second-order valence-corrected chi connectivity index (χ2v) is 5.71. The second kappa shape index (κ2) is 5.43. The molecule has 20 heavy (non-hydrogen) atoms. The molecule has 1 aromatic carbocycles. The van der Waals surface area contributed by atoms with Crippen molar-refractivity contribution in [1.82, 2.24) is 4.57 Å². The minimum Gasteiger partial charge on any atom is -0.284 e. The lowest BCUT2D eigenvalue weighted by atomic mass is 9.78. The lowest BCUT2D eigenvalue weighted by molar-refractivity contribution is 0.0672. The van der Waals surface area contributed by atoms with Crippen LogP contribution in [0.15, 0.2) is 24.3 Å². The van der Waals surface area contributed by atoms with Crippen molar-refractivity contribution in [3.05, 3.63) is 35.5 Å². The third-order valence-electron chi connectivity index (χ3n) is 5.11. The maximum Gasteiger partial charge on any atom is 0.237 e. The van der Waals surface area contributed by atoms with Gasteiger partial charge in [0.15, 0.2) is 0 Å². The number of nitrogens with zero attached hydrogens (tertiary/aromatic N) is 1. The highest BCUT2D eigenvalue weighted by Gasteiger charge is 2.35. The quantitative estimate of drug-likeness (QED) is 0.757. The van der Waals surface area contributed by atoms with Gasteiger partial charge in [0.05, 0.1) is 5.52 Å². The summed E-state index contributed by atoms with van der Waals surface area (Å²) in [5.41, 5.74) is 3.10. The predicted molar refractivity (Wildman–Crippen MR) is 85.3 cm³/mol. The molecule has 0 saturated carbocycles. The van der Waals surface area contributed by atoms with E-state index in [0.717, 1.165) is 30.5 Å². The van der Waals surface area contributed by atoms with E-state index >= 15 is 0 Å². The molecule has 0 spiro atoms. The van der Waals surface area contributed by atoms with Crippen LogP contribution in [-0.2, 0) is 0 Å². The Morgan fingerprint density at radius 3 is 2.15 bits per heavy atom. The van der Waals surface area contributed by atoms with Gasteiger partial charge in [0, 0.05) is 16.5 Å². The predicted octanol–water partition coefficient (Wildman–Crippen LogP) is 5.11. The summed E-state index contributed by atoms with van der Waals surface area (Å²) in [5, 5.41) is 1.19. The number of aryl methyl sites for hydroxylation is 1. The van der Waals surface area contributed by atoms with Crippen LogP contribution in [0, 0.1) is 19.3 Å². The molecule has 1 aromatic heterocycles. The molecule has 1 heterocycles. The number of carbonyl (C=O) groups excluding carboxylic acids is 1. The van der Waals surface area contributed by atoms with E-state index in [4.69, 9.17) is 0 Å². The molecule has 2 heteroatoms. The first-order valence-electron chi connectivity index (χ1n) is 7.63. The molecule has 0 fully saturated rings. The Hall–Kier alpha value is -1.57. The van der Waals surface area contributed by atoms with Gasteiger partial charge in [-0.3, -0.25) is 9.36 Å². The van der Waals surface area contributed by atoms with Gasteiger partial charge >= 0.3 is 0 Å². The SMILES string of the molecule is CCC(CC)(CC)C(=O)n1c(C)c(C)c2ccccc21. The molecule has 0 amide bonds.